The van der Waals surface area contributed by atoms with E-state index in [4.69, 9.17) is 4.52 Å². The molecular weight excluding hydrogens is 376 g/mol. The highest BCUT2D eigenvalue weighted by molar-refractivity contribution is 7.88. The quantitative estimate of drug-likeness (QED) is 0.777. The molecule has 8 nitrogen and oxygen atoms in total. The van der Waals surface area contributed by atoms with Crippen molar-refractivity contribution in [2.75, 3.05) is 32.4 Å². The largest absolute Gasteiger partial charge is 0.339 e. The third kappa shape index (κ3) is 3.40. The molecule has 0 atom stereocenters. The molecule has 2 aromatic rings. The van der Waals surface area contributed by atoms with Gasteiger partial charge in [0.25, 0.3) is 5.91 Å². The van der Waals surface area contributed by atoms with Gasteiger partial charge in [-0.1, -0.05) is 11.2 Å². The Bertz CT molecular complexity index is 879. The minimum absolute atomic E-state index is 0.0455. The Morgan fingerprint density at radius 2 is 2.00 bits per heavy atom. The van der Waals surface area contributed by atoms with Gasteiger partial charge in [0, 0.05) is 32.1 Å². The fraction of sp³-hybridized carbons (Fsp3) is 0.562. The summed E-state index contributed by atoms with van der Waals surface area (Å²) in [5, 5.41) is 5.99. The van der Waals surface area contributed by atoms with Crippen LogP contribution in [0.1, 0.15) is 46.1 Å². The number of nitrogens with zero attached hydrogens (tertiary/aromatic N) is 4. The Kier molecular flexibility index (Phi) is 4.57. The zero-order chi connectivity index (χ0) is 18.3. The van der Waals surface area contributed by atoms with Gasteiger partial charge in [-0.2, -0.15) is 4.98 Å². The fourth-order valence-corrected chi connectivity index (χ4v) is 4.95. The minimum atomic E-state index is -3.14. The molecule has 1 amide bonds. The molecule has 0 unspecified atom stereocenters. The van der Waals surface area contributed by atoms with Gasteiger partial charge in [-0.3, -0.25) is 4.79 Å². The van der Waals surface area contributed by atoms with Gasteiger partial charge < -0.3 is 9.42 Å². The highest BCUT2D eigenvalue weighted by atomic mass is 32.2. The zero-order valence-corrected chi connectivity index (χ0v) is 16.0. The van der Waals surface area contributed by atoms with E-state index in [1.165, 1.54) is 21.9 Å². The van der Waals surface area contributed by atoms with Gasteiger partial charge in [0.1, 0.15) is 0 Å². The van der Waals surface area contributed by atoms with Crippen LogP contribution in [0.4, 0.5) is 0 Å². The van der Waals surface area contributed by atoms with E-state index in [9.17, 15) is 13.2 Å². The van der Waals surface area contributed by atoms with Gasteiger partial charge in [-0.05, 0) is 24.3 Å². The molecule has 2 aliphatic heterocycles. The van der Waals surface area contributed by atoms with Crippen molar-refractivity contribution in [2.24, 2.45) is 0 Å². The molecule has 2 fully saturated rings. The Morgan fingerprint density at radius 3 is 2.62 bits per heavy atom. The molecule has 0 radical (unpaired) electrons. The van der Waals surface area contributed by atoms with Crippen LogP contribution in [0.3, 0.4) is 0 Å². The van der Waals surface area contributed by atoms with Gasteiger partial charge in [0.2, 0.25) is 15.9 Å². The van der Waals surface area contributed by atoms with Crippen LogP contribution >= 0.6 is 11.3 Å². The molecule has 0 aromatic carbocycles. The van der Waals surface area contributed by atoms with Crippen molar-refractivity contribution in [2.45, 2.75) is 24.7 Å². The maximum atomic E-state index is 12.2. The van der Waals surface area contributed by atoms with Crippen molar-refractivity contribution >= 4 is 27.3 Å². The molecule has 4 heterocycles. The molecule has 0 spiro atoms. The first kappa shape index (κ1) is 17.6. The number of amides is 1. The average Bonchev–Trinajstić information content (AvgIpc) is 3.25. The van der Waals surface area contributed by atoms with E-state index >= 15 is 0 Å². The molecule has 2 aromatic heterocycles. The minimum Gasteiger partial charge on any atom is -0.339 e. The molecule has 2 saturated heterocycles. The van der Waals surface area contributed by atoms with Crippen LogP contribution in [0.2, 0.25) is 0 Å². The lowest BCUT2D eigenvalue weighted by Gasteiger charge is -2.36. The number of carbonyl (C=O) groups excluding carboxylic acids is 1. The topological polar surface area (TPSA) is 96.6 Å². The summed E-state index contributed by atoms with van der Waals surface area (Å²) in [5.41, 5.74) is 0. The van der Waals surface area contributed by atoms with Gasteiger partial charge in [-0.15, -0.1) is 11.3 Å². The number of thiophene rings is 1. The van der Waals surface area contributed by atoms with Crippen LogP contribution in [0.15, 0.2) is 22.0 Å². The SMILES string of the molecule is CS(=O)(=O)N1CCC(c2noc(C3CN(C(=O)c4cccs4)C3)n2)CC1. The Hall–Kier alpha value is -1.78. The summed E-state index contributed by atoms with van der Waals surface area (Å²) in [5.74, 6) is 1.46. The average molecular weight is 396 g/mol. The highest BCUT2D eigenvalue weighted by Crippen LogP contribution is 2.31. The second-order valence-corrected chi connectivity index (χ2v) is 9.74. The molecular formula is C16H20N4O4S2. The Morgan fingerprint density at radius 1 is 1.27 bits per heavy atom. The number of piperidine rings is 1. The first-order valence-electron chi connectivity index (χ1n) is 8.53. The predicted octanol–water partition coefficient (Wildman–Crippen LogP) is 1.51. The number of likely N-dealkylation sites (tertiary alicyclic amines) is 1. The van der Waals surface area contributed by atoms with Crippen LogP contribution in [-0.2, 0) is 10.0 Å². The van der Waals surface area contributed by atoms with Crippen molar-refractivity contribution in [1.82, 2.24) is 19.3 Å². The molecule has 0 saturated carbocycles. The van der Waals surface area contributed by atoms with E-state index in [2.05, 4.69) is 10.1 Å². The van der Waals surface area contributed by atoms with Crippen molar-refractivity contribution in [3.63, 3.8) is 0 Å². The van der Waals surface area contributed by atoms with Crippen LogP contribution in [0.25, 0.3) is 0 Å². The molecule has 140 valence electrons. The number of rotatable bonds is 4. The van der Waals surface area contributed by atoms with Crippen molar-refractivity contribution in [3.05, 3.63) is 34.1 Å². The summed E-state index contributed by atoms with van der Waals surface area (Å²) in [6.45, 7) is 2.15. The van der Waals surface area contributed by atoms with E-state index in [1.54, 1.807) is 4.90 Å². The maximum Gasteiger partial charge on any atom is 0.263 e. The lowest BCUT2D eigenvalue weighted by Crippen LogP contribution is -2.48. The summed E-state index contributed by atoms with van der Waals surface area (Å²) >= 11 is 1.44. The van der Waals surface area contributed by atoms with Gasteiger partial charge in [0.05, 0.1) is 17.1 Å². The summed E-state index contributed by atoms with van der Waals surface area (Å²) < 4.78 is 30.1. The number of aromatic nitrogens is 2. The van der Waals surface area contributed by atoms with Gasteiger partial charge in [0.15, 0.2) is 5.82 Å². The standard InChI is InChI=1S/C16H20N4O4S2/c1-26(22,23)20-6-4-11(5-7-20)14-17-15(24-18-14)12-9-19(10-12)16(21)13-3-2-8-25-13/h2-3,8,11-12H,4-7,9-10H2,1H3. The maximum absolute atomic E-state index is 12.2. The summed E-state index contributed by atoms with van der Waals surface area (Å²) in [6, 6.07) is 3.70. The number of hydrogen-bond donors (Lipinski definition) is 0. The molecule has 4 rings (SSSR count). The lowest BCUT2D eigenvalue weighted by molar-refractivity contribution is 0.0574. The second-order valence-electron chi connectivity index (χ2n) is 6.81. The van der Waals surface area contributed by atoms with E-state index in [0.717, 1.165) is 4.88 Å². The molecule has 0 bridgehead atoms. The first-order valence-corrected chi connectivity index (χ1v) is 11.3. The van der Waals surface area contributed by atoms with E-state index in [-0.39, 0.29) is 17.7 Å². The highest BCUT2D eigenvalue weighted by Gasteiger charge is 2.37. The van der Waals surface area contributed by atoms with Gasteiger partial charge in [-0.25, -0.2) is 12.7 Å². The fourth-order valence-electron chi connectivity index (χ4n) is 3.38. The van der Waals surface area contributed by atoms with E-state index in [0.29, 0.717) is 50.7 Å². The summed E-state index contributed by atoms with van der Waals surface area (Å²) in [4.78, 5) is 19.3. The smallest absolute Gasteiger partial charge is 0.263 e. The molecule has 0 aliphatic carbocycles. The monoisotopic (exact) mass is 396 g/mol. The van der Waals surface area contributed by atoms with Crippen LogP contribution in [0.5, 0.6) is 0 Å². The molecule has 10 heteroatoms. The van der Waals surface area contributed by atoms with Crippen molar-refractivity contribution in [1.29, 1.82) is 0 Å². The summed E-state index contributed by atoms with van der Waals surface area (Å²) in [7, 11) is -3.14. The third-order valence-corrected chi connectivity index (χ3v) is 7.16. The normalized spacial score (nSPS) is 20.3. The van der Waals surface area contributed by atoms with E-state index < -0.39 is 10.0 Å². The summed E-state index contributed by atoms with van der Waals surface area (Å²) in [6.07, 6.45) is 2.62. The van der Waals surface area contributed by atoms with Crippen molar-refractivity contribution in [3.8, 4) is 0 Å². The predicted molar refractivity (Wildman–Crippen MR) is 95.7 cm³/mol. The Balaban J connectivity index is 1.33. The first-order chi connectivity index (χ1) is 12.4. The molecule has 0 N–H and O–H groups in total. The number of carbonyl (C=O) groups is 1. The van der Waals surface area contributed by atoms with E-state index in [1.807, 2.05) is 17.5 Å². The van der Waals surface area contributed by atoms with Crippen LogP contribution in [-0.4, -0.2) is 66.1 Å². The second kappa shape index (κ2) is 6.75. The zero-order valence-electron chi connectivity index (χ0n) is 14.4. The van der Waals surface area contributed by atoms with Crippen LogP contribution < -0.4 is 0 Å². The van der Waals surface area contributed by atoms with Gasteiger partial charge >= 0.3 is 0 Å². The third-order valence-electron chi connectivity index (χ3n) is 5.00. The van der Waals surface area contributed by atoms with Crippen molar-refractivity contribution < 1.29 is 17.7 Å². The number of hydrogen-bond acceptors (Lipinski definition) is 7. The number of sulfonamides is 1. The molecule has 2 aliphatic rings. The Labute approximate surface area is 155 Å². The lowest BCUT2D eigenvalue weighted by atomic mass is 9.97. The van der Waals surface area contributed by atoms with Crippen LogP contribution in [0, 0.1) is 0 Å². The molecule has 26 heavy (non-hydrogen) atoms.